The summed E-state index contributed by atoms with van der Waals surface area (Å²) in [5, 5.41) is 4.30. The highest BCUT2D eigenvalue weighted by Gasteiger charge is 2.41. The number of aryl methyl sites for hydroxylation is 1. The fourth-order valence-corrected chi connectivity index (χ4v) is 5.63. The molecule has 3 heterocycles. The molecule has 7 heteroatoms. The number of nitrogens with one attached hydrogen (secondary N) is 1. The van der Waals surface area contributed by atoms with Crippen molar-refractivity contribution in [1.29, 1.82) is 0 Å². The Morgan fingerprint density at radius 1 is 1.03 bits per heavy atom. The van der Waals surface area contributed by atoms with Crippen LogP contribution in [-0.4, -0.2) is 26.7 Å². The number of thiocarbonyl (C=S) groups is 1. The molecule has 2 aromatic carbocycles. The third-order valence-electron chi connectivity index (χ3n) is 6.57. The third kappa shape index (κ3) is 4.58. The van der Waals surface area contributed by atoms with Gasteiger partial charge in [-0.05, 0) is 85.7 Å². The Balaban J connectivity index is 1.60. The molecular weight excluding hydrogens is 520 g/mol. The van der Waals surface area contributed by atoms with Crippen molar-refractivity contribution in [2.45, 2.75) is 32.5 Å². The molecule has 0 bridgehead atoms. The number of halogens is 1. The highest BCUT2D eigenvalue weighted by atomic mass is 79.9. The predicted octanol–water partition coefficient (Wildman–Crippen LogP) is 6.43. The normalized spacial score (nSPS) is 17.5. The Bertz CT molecular complexity index is 1350. The number of rotatable bonds is 6. The molecule has 0 spiro atoms. The summed E-state index contributed by atoms with van der Waals surface area (Å²) in [4.78, 5) is 6.97. The van der Waals surface area contributed by atoms with E-state index in [2.05, 4.69) is 92.0 Å². The van der Waals surface area contributed by atoms with E-state index in [-0.39, 0.29) is 12.1 Å². The van der Waals surface area contributed by atoms with E-state index in [1.165, 1.54) is 22.5 Å². The molecule has 0 unspecified atom stereocenters. The van der Waals surface area contributed by atoms with Crippen LogP contribution < -0.4 is 10.1 Å². The Morgan fingerprint density at radius 3 is 2.51 bits per heavy atom. The third-order valence-corrected chi connectivity index (χ3v) is 7.41. The lowest BCUT2D eigenvalue weighted by Crippen LogP contribution is -2.29. The van der Waals surface area contributed by atoms with Gasteiger partial charge in [-0.15, -0.1) is 0 Å². The van der Waals surface area contributed by atoms with Crippen LogP contribution in [0.2, 0.25) is 0 Å². The van der Waals surface area contributed by atoms with Crippen LogP contribution in [0.4, 0.5) is 0 Å². The molecule has 2 aromatic heterocycles. The van der Waals surface area contributed by atoms with Gasteiger partial charge in [0.15, 0.2) is 5.11 Å². The largest absolute Gasteiger partial charge is 0.497 e. The summed E-state index contributed by atoms with van der Waals surface area (Å²) in [7, 11) is 1.68. The molecule has 35 heavy (non-hydrogen) atoms. The van der Waals surface area contributed by atoms with E-state index in [9.17, 15) is 0 Å². The maximum Gasteiger partial charge on any atom is 0.170 e. The quantitative estimate of drug-likeness (QED) is 0.282. The summed E-state index contributed by atoms with van der Waals surface area (Å²) in [5.74, 6) is 0.844. The van der Waals surface area contributed by atoms with Gasteiger partial charge in [-0.1, -0.05) is 40.2 Å². The van der Waals surface area contributed by atoms with E-state index in [1.807, 2.05) is 36.5 Å². The minimum atomic E-state index is -0.0570. The summed E-state index contributed by atoms with van der Waals surface area (Å²) in [6.45, 7) is 5.03. The van der Waals surface area contributed by atoms with Crippen molar-refractivity contribution in [2.75, 3.05) is 7.11 Å². The van der Waals surface area contributed by atoms with Crippen LogP contribution in [0.5, 0.6) is 5.75 Å². The lowest BCUT2D eigenvalue weighted by atomic mass is 9.96. The van der Waals surface area contributed by atoms with Gasteiger partial charge in [-0.3, -0.25) is 4.98 Å². The molecule has 5 rings (SSSR count). The summed E-state index contributed by atoms with van der Waals surface area (Å²) < 4.78 is 8.71. The summed E-state index contributed by atoms with van der Waals surface area (Å²) >= 11 is 9.51. The van der Waals surface area contributed by atoms with Crippen LogP contribution >= 0.6 is 28.1 Å². The molecular formula is C28H27BrN4OS. The molecule has 4 aromatic rings. The van der Waals surface area contributed by atoms with E-state index in [1.54, 1.807) is 7.11 Å². The van der Waals surface area contributed by atoms with Gasteiger partial charge < -0.3 is 19.5 Å². The monoisotopic (exact) mass is 546 g/mol. The van der Waals surface area contributed by atoms with Crippen LogP contribution in [0.15, 0.2) is 83.5 Å². The summed E-state index contributed by atoms with van der Waals surface area (Å²) in [6, 6.07) is 24.8. The average Bonchev–Trinajstić information content (AvgIpc) is 3.34. The van der Waals surface area contributed by atoms with Crippen LogP contribution in [0.25, 0.3) is 5.69 Å². The fourth-order valence-electron chi connectivity index (χ4n) is 4.94. The van der Waals surface area contributed by atoms with E-state index in [0.29, 0.717) is 6.54 Å². The van der Waals surface area contributed by atoms with Crippen LogP contribution in [0.3, 0.4) is 0 Å². The van der Waals surface area contributed by atoms with Crippen molar-refractivity contribution >= 4 is 33.3 Å². The van der Waals surface area contributed by atoms with Crippen LogP contribution in [0, 0.1) is 13.8 Å². The molecule has 0 amide bonds. The van der Waals surface area contributed by atoms with E-state index in [0.717, 1.165) is 26.7 Å². The Hall–Kier alpha value is -3.16. The van der Waals surface area contributed by atoms with Crippen LogP contribution in [-0.2, 0) is 6.54 Å². The summed E-state index contributed by atoms with van der Waals surface area (Å²) in [6.07, 6.45) is 1.84. The lowest BCUT2D eigenvalue weighted by Gasteiger charge is -2.28. The van der Waals surface area contributed by atoms with Crippen molar-refractivity contribution in [2.24, 2.45) is 0 Å². The number of pyridine rings is 1. The maximum absolute atomic E-state index is 5.89. The zero-order chi connectivity index (χ0) is 24.5. The average molecular weight is 548 g/mol. The Labute approximate surface area is 219 Å². The molecule has 5 nitrogen and oxygen atoms in total. The number of aromatic nitrogens is 2. The van der Waals surface area contributed by atoms with Gasteiger partial charge in [0.1, 0.15) is 5.75 Å². The SMILES string of the molecule is COc1ccc(CN2C(=S)N[C@@H](c3ccccn3)[C@H]2c2cc(C)n(-c3cccc(Br)c3)c2C)cc1. The number of nitrogens with zero attached hydrogens (tertiary/aromatic N) is 3. The van der Waals surface area contributed by atoms with Gasteiger partial charge in [0.05, 0.1) is 24.9 Å². The zero-order valence-electron chi connectivity index (χ0n) is 19.9. The predicted molar refractivity (Wildman–Crippen MR) is 147 cm³/mol. The first-order chi connectivity index (χ1) is 17.0. The number of hydrogen-bond donors (Lipinski definition) is 1. The second-order valence-electron chi connectivity index (χ2n) is 8.74. The standard InChI is InChI=1S/C28H27BrN4OS/c1-18-15-24(19(2)33(18)22-8-6-7-21(29)16-22)27-26(25-9-4-5-14-30-25)31-28(35)32(27)17-20-10-12-23(34-3)13-11-20/h4-16,26-27H,17H2,1-3H3,(H,31,35)/t26-,27+/m0/s1. The van der Waals surface area contributed by atoms with Crippen molar-refractivity contribution in [1.82, 2.24) is 19.8 Å². The number of hydrogen-bond acceptors (Lipinski definition) is 3. The highest BCUT2D eigenvalue weighted by molar-refractivity contribution is 9.10. The van der Waals surface area contributed by atoms with E-state index in [4.69, 9.17) is 17.0 Å². The molecule has 1 aliphatic heterocycles. The smallest absolute Gasteiger partial charge is 0.170 e. The van der Waals surface area contributed by atoms with Gasteiger partial charge in [0, 0.05) is 34.3 Å². The van der Waals surface area contributed by atoms with Crippen molar-refractivity contribution < 1.29 is 4.74 Å². The Morgan fingerprint density at radius 2 is 1.83 bits per heavy atom. The second kappa shape index (κ2) is 9.84. The Kier molecular flexibility index (Phi) is 6.62. The second-order valence-corrected chi connectivity index (χ2v) is 10.0. The molecule has 0 saturated carbocycles. The number of benzene rings is 2. The van der Waals surface area contributed by atoms with Gasteiger partial charge >= 0.3 is 0 Å². The maximum atomic E-state index is 5.89. The minimum Gasteiger partial charge on any atom is -0.497 e. The van der Waals surface area contributed by atoms with Crippen molar-refractivity contribution in [3.05, 3.63) is 112 Å². The molecule has 1 fully saturated rings. The highest BCUT2D eigenvalue weighted by Crippen LogP contribution is 2.42. The molecule has 1 aliphatic rings. The van der Waals surface area contributed by atoms with Gasteiger partial charge in [0.2, 0.25) is 0 Å². The minimum absolute atomic E-state index is 0.00777. The van der Waals surface area contributed by atoms with Gasteiger partial charge in [0.25, 0.3) is 0 Å². The molecule has 0 aliphatic carbocycles. The lowest BCUT2D eigenvalue weighted by molar-refractivity contribution is 0.310. The summed E-state index contributed by atoms with van der Waals surface area (Å²) in [5.41, 5.74) is 6.88. The molecule has 2 atom stereocenters. The first-order valence-electron chi connectivity index (χ1n) is 11.5. The van der Waals surface area contributed by atoms with Gasteiger partial charge in [-0.25, -0.2) is 0 Å². The van der Waals surface area contributed by atoms with Gasteiger partial charge in [-0.2, -0.15) is 0 Å². The van der Waals surface area contributed by atoms with E-state index >= 15 is 0 Å². The van der Waals surface area contributed by atoms with Crippen LogP contribution in [0.1, 0.15) is 40.3 Å². The van der Waals surface area contributed by atoms with E-state index < -0.39 is 0 Å². The fraction of sp³-hybridized carbons (Fsp3) is 0.214. The first kappa shape index (κ1) is 23.6. The number of ether oxygens (including phenoxy) is 1. The molecule has 1 N–H and O–H groups in total. The first-order valence-corrected chi connectivity index (χ1v) is 12.7. The molecule has 1 saturated heterocycles. The molecule has 0 radical (unpaired) electrons. The number of methoxy groups -OCH3 is 1. The zero-order valence-corrected chi connectivity index (χ0v) is 22.3. The van der Waals surface area contributed by atoms with Crippen molar-refractivity contribution in [3.63, 3.8) is 0 Å². The van der Waals surface area contributed by atoms with Crippen molar-refractivity contribution in [3.8, 4) is 11.4 Å². The molecule has 178 valence electrons. The topological polar surface area (TPSA) is 42.3 Å².